The molecular weight excluding hydrogens is 288 g/mol. The Morgan fingerprint density at radius 1 is 1.22 bits per heavy atom. The number of nitrogens with zero attached hydrogens (tertiary/aromatic N) is 2. The largest absolute Gasteiger partial charge is 0.385 e. The van der Waals surface area contributed by atoms with Crippen LogP contribution in [0.5, 0.6) is 0 Å². The average Bonchev–Trinajstić information content (AvgIpc) is 2.57. The zero-order valence-electron chi connectivity index (χ0n) is 15.2. The molecule has 2 N–H and O–H groups in total. The summed E-state index contributed by atoms with van der Waals surface area (Å²) in [6.45, 7) is 4.60. The monoisotopic (exact) mass is 320 g/mol. The fraction of sp³-hybridized carbons (Fsp3) is 0.611. The molecule has 5 heteroatoms. The highest BCUT2D eigenvalue weighted by Crippen LogP contribution is 2.18. The summed E-state index contributed by atoms with van der Waals surface area (Å²) < 4.78 is 5.06. The van der Waals surface area contributed by atoms with Gasteiger partial charge in [0.2, 0.25) is 0 Å². The molecule has 23 heavy (non-hydrogen) atoms. The second-order valence-corrected chi connectivity index (χ2v) is 5.80. The van der Waals surface area contributed by atoms with Gasteiger partial charge in [0.25, 0.3) is 0 Å². The molecule has 0 aliphatic carbocycles. The fourth-order valence-corrected chi connectivity index (χ4v) is 2.41. The number of hydrogen-bond acceptors (Lipinski definition) is 3. The molecule has 0 fully saturated rings. The lowest BCUT2D eigenvalue weighted by Crippen LogP contribution is -2.42. The molecular formula is C18H32N4O. The van der Waals surface area contributed by atoms with Crippen LogP contribution < -0.4 is 10.6 Å². The number of aliphatic imine (C=N–C) groups is 1. The lowest BCUT2D eigenvalue weighted by Gasteiger charge is -2.26. The molecule has 0 amide bonds. The van der Waals surface area contributed by atoms with Crippen LogP contribution in [0.4, 0.5) is 0 Å². The standard InChI is InChI=1S/C18H32N4O/c1-6-15-8-10-16(11-9-15)17(22(3)4)14-21-18(19-2)20-12-7-13-23-5/h8-11,17H,6-7,12-14H2,1-5H3,(H2,19,20,21). The molecule has 0 heterocycles. The zero-order chi connectivity index (χ0) is 17.1. The number of guanidine groups is 1. The second-order valence-electron chi connectivity index (χ2n) is 5.80. The van der Waals surface area contributed by atoms with E-state index in [0.29, 0.717) is 6.04 Å². The molecule has 5 nitrogen and oxygen atoms in total. The Balaban J connectivity index is 2.57. The van der Waals surface area contributed by atoms with Crippen LogP contribution >= 0.6 is 0 Å². The summed E-state index contributed by atoms with van der Waals surface area (Å²) >= 11 is 0. The molecule has 130 valence electrons. The summed E-state index contributed by atoms with van der Waals surface area (Å²) in [6.07, 6.45) is 2.04. The van der Waals surface area contributed by atoms with Gasteiger partial charge in [-0.25, -0.2) is 0 Å². The van der Waals surface area contributed by atoms with Crippen molar-refractivity contribution in [3.05, 3.63) is 35.4 Å². The van der Waals surface area contributed by atoms with E-state index in [1.165, 1.54) is 11.1 Å². The molecule has 0 radical (unpaired) electrons. The minimum absolute atomic E-state index is 0.304. The molecule has 1 aromatic rings. The first-order valence-corrected chi connectivity index (χ1v) is 8.31. The molecule has 0 saturated heterocycles. The zero-order valence-corrected chi connectivity index (χ0v) is 15.2. The van der Waals surface area contributed by atoms with Gasteiger partial charge < -0.3 is 20.3 Å². The van der Waals surface area contributed by atoms with Crippen molar-refractivity contribution < 1.29 is 4.74 Å². The van der Waals surface area contributed by atoms with Crippen LogP contribution in [0.25, 0.3) is 0 Å². The Kier molecular flexibility index (Phi) is 9.33. The van der Waals surface area contributed by atoms with Gasteiger partial charge >= 0.3 is 0 Å². The molecule has 0 spiro atoms. The minimum Gasteiger partial charge on any atom is -0.385 e. The van der Waals surface area contributed by atoms with Crippen LogP contribution in [-0.2, 0) is 11.2 Å². The van der Waals surface area contributed by atoms with Gasteiger partial charge in [0.15, 0.2) is 5.96 Å². The second kappa shape index (κ2) is 11.0. The van der Waals surface area contributed by atoms with E-state index in [2.05, 4.69) is 65.8 Å². The summed E-state index contributed by atoms with van der Waals surface area (Å²) in [4.78, 5) is 6.50. The summed E-state index contributed by atoms with van der Waals surface area (Å²) in [6, 6.07) is 9.17. The summed E-state index contributed by atoms with van der Waals surface area (Å²) in [5, 5.41) is 6.72. The molecule has 1 aromatic carbocycles. The first-order chi connectivity index (χ1) is 11.1. The Bertz CT molecular complexity index is 457. The molecule has 0 aromatic heterocycles. The predicted molar refractivity (Wildman–Crippen MR) is 98.1 cm³/mol. The number of hydrogen-bond donors (Lipinski definition) is 2. The Morgan fingerprint density at radius 2 is 1.91 bits per heavy atom. The van der Waals surface area contributed by atoms with Gasteiger partial charge in [-0.15, -0.1) is 0 Å². The lowest BCUT2D eigenvalue weighted by molar-refractivity contribution is 0.195. The van der Waals surface area contributed by atoms with Crippen LogP contribution in [0.15, 0.2) is 29.3 Å². The van der Waals surface area contributed by atoms with E-state index >= 15 is 0 Å². The maximum atomic E-state index is 5.06. The maximum absolute atomic E-state index is 5.06. The maximum Gasteiger partial charge on any atom is 0.191 e. The summed E-state index contributed by atoms with van der Waals surface area (Å²) in [7, 11) is 7.73. The lowest BCUT2D eigenvalue weighted by atomic mass is 10.0. The van der Waals surface area contributed by atoms with Gasteiger partial charge in [0, 0.05) is 33.9 Å². The van der Waals surface area contributed by atoms with Crippen molar-refractivity contribution >= 4 is 5.96 Å². The first-order valence-electron chi connectivity index (χ1n) is 8.31. The van der Waals surface area contributed by atoms with Crippen molar-refractivity contribution in [3.8, 4) is 0 Å². The highest BCUT2D eigenvalue weighted by molar-refractivity contribution is 5.79. The molecule has 0 saturated carbocycles. The summed E-state index contributed by atoms with van der Waals surface area (Å²) in [5.41, 5.74) is 2.68. The highest BCUT2D eigenvalue weighted by atomic mass is 16.5. The first kappa shape index (κ1) is 19.5. The van der Waals surface area contributed by atoms with Crippen LogP contribution in [0.3, 0.4) is 0 Å². The minimum atomic E-state index is 0.304. The van der Waals surface area contributed by atoms with Crippen molar-refractivity contribution in [1.29, 1.82) is 0 Å². The van der Waals surface area contributed by atoms with E-state index in [0.717, 1.165) is 38.5 Å². The van der Waals surface area contributed by atoms with Crippen LogP contribution in [-0.4, -0.2) is 58.8 Å². The van der Waals surface area contributed by atoms with Gasteiger partial charge in [-0.2, -0.15) is 0 Å². The van der Waals surface area contributed by atoms with E-state index in [1.807, 2.05) is 0 Å². The number of likely N-dealkylation sites (N-methyl/N-ethyl adjacent to an activating group) is 1. The quantitative estimate of drug-likeness (QED) is 0.415. The van der Waals surface area contributed by atoms with E-state index in [-0.39, 0.29) is 0 Å². The van der Waals surface area contributed by atoms with Gasteiger partial charge in [0.05, 0.1) is 6.04 Å². The smallest absolute Gasteiger partial charge is 0.191 e. The number of aryl methyl sites for hydroxylation is 1. The Hall–Kier alpha value is -1.59. The van der Waals surface area contributed by atoms with E-state index in [4.69, 9.17) is 4.74 Å². The SMILES string of the molecule is CCc1ccc(C(CNC(=NC)NCCCOC)N(C)C)cc1. The Morgan fingerprint density at radius 3 is 2.43 bits per heavy atom. The number of methoxy groups -OCH3 is 1. The molecule has 1 atom stereocenters. The molecule has 1 unspecified atom stereocenters. The van der Waals surface area contributed by atoms with Gasteiger partial charge in [-0.05, 0) is 38.1 Å². The number of benzene rings is 1. The molecule has 1 rings (SSSR count). The van der Waals surface area contributed by atoms with Crippen molar-refractivity contribution in [1.82, 2.24) is 15.5 Å². The van der Waals surface area contributed by atoms with Crippen molar-refractivity contribution in [2.24, 2.45) is 4.99 Å². The van der Waals surface area contributed by atoms with E-state index < -0.39 is 0 Å². The average molecular weight is 320 g/mol. The number of ether oxygens (including phenoxy) is 1. The van der Waals surface area contributed by atoms with E-state index in [9.17, 15) is 0 Å². The van der Waals surface area contributed by atoms with Gasteiger partial charge in [0.1, 0.15) is 0 Å². The molecule has 0 aliphatic heterocycles. The fourth-order valence-electron chi connectivity index (χ4n) is 2.41. The van der Waals surface area contributed by atoms with Crippen LogP contribution in [0.2, 0.25) is 0 Å². The third kappa shape index (κ3) is 7.01. The Labute approximate surface area is 141 Å². The third-order valence-corrected chi connectivity index (χ3v) is 3.90. The molecule has 0 bridgehead atoms. The molecule has 0 aliphatic rings. The third-order valence-electron chi connectivity index (χ3n) is 3.90. The normalized spacial score (nSPS) is 13.2. The predicted octanol–water partition coefficient (Wildman–Crippen LogP) is 2.05. The number of nitrogens with one attached hydrogen (secondary N) is 2. The van der Waals surface area contributed by atoms with Gasteiger partial charge in [-0.3, -0.25) is 4.99 Å². The van der Waals surface area contributed by atoms with Crippen LogP contribution in [0.1, 0.15) is 30.5 Å². The van der Waals surface area contributed by atoms with Crippen molar-refractivity contribution in [3.63, 3.8) is 0 Å². The highest BCUT2D eigenvalue weighted by Gasteiger charge is 2.14. The van der Waals surface area contributed by atoms with Crippen molar-refractivity contribution in [2.75, 3.05) is 47.9 Å². The van der Waals surface area contributed by atoms with E-state index in [1.54, 1.807) is 14.2 Å². The summed E-state index contributed by atoms with van der Waals surface area (Å²) in [5.74, 6) is 0.832. The van der Waals surface area contributed by atoms with Crippen LogP contribution in [0, 0.1) is 0 Å². The van der Waals surface area contributed by atoms with Gasteiger partial charge in [-0.1, -0.05) is 31.2 Å². The van der Waals surface area contributed by atoms with Crippen molar-refractivity contribution in [2.45, 2.75) is 25.8 Å². The number of rotatable bonds is 9. The topological polar surface area (TPSA) is 48.9 Å².